The molecular formula is C24H27N5. The van der Waals surface area contributed by atoms with E-state index in [1.54, 1.807) is 0 Å². The Hall–Kier alpha value is -3.10. The fourth-order valence-corrected chi connectivity index (χ4v) is 3.68. The average molecular weight is 386 g/mol. The molecule has 0 saturated carbocycles. The zero-order valence-electron chi connectivity index (χ0n) is 17.3. The zero-order valence-corrected chi connectivity index (χ0v) is 17.3. The van der Waals surface area contributed by atoms with Gasteiger partial charge in [-0.05, 0) is 57.1 Å². The maximum absolute atomic E-state index is 4.56. The minimum absolute atomic E-state index is 0.251. The van der Waals surface area contributed by atoms with E-state index in [9.17, 15) is 0 Å². The van der Waals surface area contributed by atoms with Gasteiger partial charge in [0.1, 0.15) is 5.82 Å². The minimum Gasteiger partial charge on any atom is -0.346 e. The predicted octanol–water partition coefficient (Wildman–Crippen LogP) is 3.87. The Morgan fingerprint density at radius 1 is 1.21 bits per heavy atom. The third-order valence-electron chi connectivity index (χ3n) is 5.11. The quantitative estimate of drug-likeness (QED) is 0.768. The summed E-state index contributed by atoms with van der Waals surface area (Å²) in [6.07, 6.45) is 8.24. The van der Waals surface area contributed by atoms with Crippen molar-refractivity contribution in [1.29, 1.82) is 0 Å². The Morgan fingerprint density at radius 2 is 2.03 bits per heavy atom. The largest absolute Gasteiger partial charge is 0.346 e. The van der Waals surface area contributed by atoms with E-state index in [1.807, 2.05) is 13.1 Å². The summed E-state index contributed by atoms with van der Waals surface area (Å²) in [4.78, 5) is 14.8. The maximum Gasteiger partial charge on any atom is 0.120 e. The van der Waals surface area contributed by atoms with E-state index in [4.69, 9.17) is 0 Å². The number of imidazole rings is 1. The molecule has 0 spiro atoms. The molecule has 4 rings (SSSR count). The third kappa shape index (κ3) is 4.67. The highest BCUT2D eigenvalue weighted by molar-refractivity contribution is 5.84. The number of benzene rings is 1. The van der Waals surface area contributed by atoms with Crippen molar-refractivity contribution in [3.05, 3.63) is 65.3 Å². The number of aliphatic imine (C=N–C) groups is 1. The first-order chi connectivity index (χ1) is 14.1. The second kappa shape index (κ2) is 8.50. The highest BCUT2D eigenvalue weighted by Crippen LogP contribution is 2.23. The van der Waals surface area contributed by atoms with Crippen LogP contribution in [0, 0.1) is 11.8 Å². The van der Waals surface area contributed by atoms with Gasteiger partial charge in [0.05, 0.1) is 30.3 Å². The Labute approximate surface area is 172 Å². The second-order valence-electron chi connectivity index (χ2n) is 7.66. The molecule has 0 amide bonds. The fraction of sp³-hybridized carbons (Fsp3) is 0.333. The summed E-state index contributed by atoms with van der Waals surface area (Å²) in [5.74, 6) is 8.53. The van der Waals surface area contributed by atoms with Crippen molar-refractivity contribution >= 4 is 5.84 Å². The van der Waals surface area contributed by atoms with E-state index in [0.29, 0.717) is 0 Å². The lowest BCUT2D eigenvalue weighted by Crippen LogP contribution is -2.19. The van der Waals surface area contributed by atoms with E-state index in [1.165, 1.54) is 0 Å². The average Bonchev–Trinajstić information content (AvgIpc) is 3.32. The molecule has 1 aromatic carbocycles. The number of rotatable bonds is 5. The van der Waals surface area contributed by atoms with Gasteiger partial charge in [-0.15, -0.1) is 0 Å². The molecule has 148 valence electrons. The molecule has 0 fully saturated rings. The number of aromatic amines is 1. The molecular weight excluding hydrogens is 358 g/mol. The first-order valence-corrected chi connectivity index (χ1v) is 10.2. The normalized spacial score (nSPS) is 17.7. The Balaban J connectivity index is 1.41. The maximum atomic E-state index is 4.56. The summed E-state index contributed by atoms with van der Waals surface area (Å²) in [5.41, 5.74) is 5.37. The molecule has 0 radical (unpaired) electrons. The van der Waals surface area contributed by atoms with Crippen molar-refractivity contribution in [3.8, 4) is 23.1 Å². The van der Waals surface area contributed by atoms with Crippen LogP contribution in [0.1, 0.15) is 38.1 Å². The molecule has 0 saturated heterocycles. The van der Waals surface area contributed by atoms with Crippen LogP contribution in [0.2, 0.25) is 0 Å². The molecule has 1 aromatic heterocycles. The second-order valence-corrected chi connectivity index (χ2v) is 7.66. The number of aromatic nitrogens is 2. The molecule has 1 unspecified atom stereocenters. The van der Waals surface area contributed by atoms with Crippen molar-refractivity contribution in [2.24, 2.45) is 4.99 Å². The van der Waals surface area contributed by atoms with Crippen LogP contribution in [-0.2, 0) is 6.54 Å². The van der Waals surface area contributed by atoms with E-state index >= 15 is 0 Å². The lowest BCUT2D eigenvalue weighted by Gasteiger charge is -2.12. The van der Waals surface area contributed by atoms with Gasteiger partial charge in [-0.1, -0.05) is 37.0 Å². The third-order valence-corrected chi connectivity index (χ3v) is 5.11. The number of hydrogen-bond donors (Lipinski definition) is 2. The number of allylic oxidation sites excluding steroid dienone is 2. The molecule has 1 aliphatic heterocycles. The summed E-state index contributed by atoms with van der Waals surface area (Å²) in [5, 5.41) is 3.32. The van der Waals surface area contributed by atoms with Gasteiger partial charge in [-0.3, -0.25) is 9.89 Å². The van der Waals surface area contributed by atoms with Crippen LogP contribution in [-0.4, -0.2) is 40.3 Å². The molecule has 2 N–H and O–H groups in total. The number of H-pyrrole nitrogens is 1. The van der Waals surface area contributed by atoms with Crippen LogP contribution < -0.4 is 5.32 Å². The molecule has 5 heteroatoms. The van der Waals surface area contributed by atoms with Crippen molar-refractivity contribution in [3.63, 3.8) is 0 Å². The fourth-order valence-electron chi connectivity index (χ4n) is 3.68. The Morgan fingerprint density at radius 3 is 2.83 bits per heavy atom. The van der Waals surface area contributed by atoms with Gasteiger partial charge in [-0.25, -0.2) is 4.98 Å². The molecule has 29 heavy (non-hydrogen) atoms. The zero-order chi connectivity index (χ0) is 20.2. The van der Waals surface area contributed by atoms with Gasteiger partial charge < -0.3 is 10.3 Å². The highest BCUT2D eigenvalue weighted by atomic mass is 15.1. The monoisotopic (exact) mass is 385 g/mol. The topological polar surface area (TPSA) is 56.3 Å². The number of nitrogens with zero attached hydrogens (tertiary/aromatic N) is 3. The number of nitrogens with one attached hydrogen (secondary N) is 2. The molecule has 5 nitrogen and oxygen atoms in total. The highest BCUT2D eigenvalue weighted by Gasteiger charge is 2.22. The summed E-state index contributed by atoms with van der Waals surface area (Å²) >= 11 is 0. The molecule has 1 aliphatic carbocycles. The Bertz CT molecular complexity index is 1030. The summed E-state index contributed by atoms with van der Waals surface area (Å²) in [6.45, 7) is 6.09. The Kier molecular flexibility index (Phi) is 5.64. The van der Waals surface area contributed by atoms with E-state index in [0.717, 1.165) is 65.7 Å². The SMILES string of the molecule is CCCN(C)Cc1ncc(-c2ccc(C#CC3=CCC4N=C(C)NC4=C3)cc2)[nH]1. The van der Waals surface area contributed by atoms with Gasteiger partial charge in [-0.2, -0.15) is 0 Å². The lowest BCUT2D eigenvalue weighted by molar-refractivity contribution is 0.320. The van der Waals surface area contributed by atoms with Crippen LogP contribution in [0.15, 0.2) is 58.9 Å². The number of fused-ring (bicyclic) bond motifs is 1. The first kappa shape index (κ1) is 19.2. The van der Waals surface area contributed by atoms with Crippen LogP contribution in [0.5, 0.6) is 0 Å². The smallest absolute Gasteiger partial charge is 0.120 e. The lowest BCUT2D eigenvalue weighted by atomic mass is 10.0. The van der Waals surface area contributed by atoms with E-state index < -0.39 is 0 Å². The van der Waals surface area contributed by atoms with E-state index in [-0.39, 0.29) is 6.04 Å². The summed E-state index contributed by atoms with van der Waals surface area (Å²) in [7, 11) is 2.12. The van der Waals surface area contributed by atoms with Gasteiger partial charge in [0.15, 0.2) is 0 Å². The summed E-state index contributed by atoms with van der Waals surface area (Å²) in [6, 6.07) is 8.56. The minimum atomic E-state index is 0.251. The first-order valence-electron chi connectivity index (χ1n) is 10.2. The number of hydrogen-bond acceptors (Lipinski definition) is 4. The van der Waals surface area contributed by atoms with Crippen LogP contribution in [0.25, 0.3) is 11.3 Å². The molecule has 0 bridgehead atoms. The molecule has 2 aliphatic rings. The molecule has 1 atom stereocenters. The van der Waals surface area contributed by atoms with Crippen molar-refractivity contribution in [1.82, 2.24) is 20.2 Å². The van der Waals surface area contributed by atoms with Crippen molar-refractivity contribution in [2.75, 3.05) is 13.6 Å². The van der Waals surface area contributed by atoms with Crippen LogP contribution in [0.3, 0.4) is 0 Å². The summed E-state index contributed by atoms with van der Waals surface area (Å²) < 4.78 is 0. The van der Waals surface area contributed by atoms with Crippen LogP contribution >= 0.6 is 0 Å². The van der Waals surface area contributed by atoms with Gasteiger partial charge in [0.2, 0.25) is 0 Å². The molecule has 2 aromatic rings. The molecule has 2 heterocycles. The van der Waals surface area contributed by atoms with Crippen molar-refractivity contribution in [2.45, 2.75) is 39.3 Å². The standard InChI is InChI=1S/C24H27N5/c1-4-13-29(3)16-24-25-15-23(28-24)20-10-7-18(8-11-20)5-6-19-9-12-21-22(14-19)27-17(2)26-21/h7-11,14-15,21H,4,12-13,16H2,1-3H3,(H,25,28)(H,26,27). The van der Waals surface area contributed by atoms with Gasteiger partial charge in [0, 0.05) is 16.8 Å². The van der Waals surface area contributed by atoms with Crippen LogP contribution in [0.4, 0.5) is 0 Å². The van der Waals surface area contributed by atoms with E-state index in [2.05, 4.69) is 87.4 Å². The van der Waals surface area contributed by atoms with Gasteiger partial charge in [0.25, 0.3) is 0 Å². The van der Waals surface area contributed by atoms with Gasteiger partial charge >= 0.3 is 0 Å². The predicted molar refractivity (Wildman–Crippen MR) is 118 cm³/mol. The number of amidine groups is 1. The van der Waals surface area contributed by atoms with Crippen molar-refractivity contribution < 1.29 is 0 Å².